The summed E-state index contributed by atoms with van der Waals surface area (Å²) in [5.41, 5.74) is 1.59. The first-order valence-electron chi connectivity index (χ1n) is 12.0. The van der Waals surface area contributed by atoms with Crippen molar-refractivity contribution in [3.05, 3.63) is 81.7 Å². The Morgan fingerprint density at radius 2 is 1.81 bits per heavy atom. The van der Waals surface area contributed by atoms with Crippen LogP contribution in [0.3, 0.4) is 0 Å². The quantitative estimate of drug-likeness (QED) is 0.324. The summed E-state index contributed by atoms with van der Waals surface area (Å²) in [6.45, 7) is 2.72. The number of furan rings is 1. The number of amides is 2. The van der Waals surface area contributed by atoms with E-state index < -0.39 is 0 Å². The van der Waals surface area contributed by atoms with Crippen LogP contribution in [0.2, 0.25) is 0 Å². The summed E-state index contributed by atoms with van der Waals surface area (Å²) < 4.78 is 17.4. The average molecular weight is 555 g/mol. The van der Waals surface area contributed by atoms with E-state index in [0.29, 0.717) is 42.3 Å². The van der Waals surface area contributed by atoms with Gasteiger partial charge in [-0.1, -0.05) is 28.1 Å². The maximum Gasteiger partial charge on any atom is 0.254 e. The molecule has 7 nitrogen and oxygen atoms in total. The van der Waals surface area contributed by atoms with Crippen LogP contribution in [0.1, 0.15) is 40.3 Å². The number of ether oxygens (including phenoxy) is 2. The predicted molar refractivity (Wildman–Crippen MR) is 140 cm³/mol. The molecule has 0 unspecified atom stereocenters. The topological polar surface area (TPSA) is 72.2 Å². The first-order chi connectivity index (χ1) is 17.4. The van der Waals surface area contributed by atoms with Gasteiger partial charge in [0.2, 0.25) is 5.91 Å². The van der Waals surface area contributed by atoms with Gasteiger partial charge in [-0.25, -0.2) is 0 Å². The standard InChI is InChI=1S/C28H31BrN2O5/c1-19-7-11-24(36-19)17-30(14-13-20-8-12-25(34-2)26(15-20)35-3)27(32)18-31(23-9-10-23)28(33)21-5-4-6-22(29)16-21/h4-8,11-12,15-16,23H,9-10,13-14,17-18H2,1-3H3. The van der Waals surface area contributed by atoms with Crippen molar-refractivity contribution >= 4 is 27.7 Å². The summed E-state index contributed by atoms with van der Waals surface area (Å²) >= 11 is 3.43. The number of hydrogen-bond acceptors (Lipinski definition) is 5. The van der Waals surface area contributed by atoms with E-state index in [9.17, 15) is 9.59 Å². The summed E-state index contributed by atoms with van der Waals surface area (Å²) in [7, 11) is 3.20. The smallest absolute Gasteiger partial charge is 0.254 e. The van der Waals surface area contributed by atoms with Crippen molar-refractivity contribution in [1.82, 2.24) is 9.80 Å². The van der Waals surface area contributed by atoms with Crippen molar-refractivity contribution in [2.75, 3.05) is 27.3 Å². The molecular weight excluding hydrogens is 524 g/mol. The molecule has 1 saturated carbocycles. The number of hydrogen-bond donors (Lipinski definition) is 0. The molecule has 4 rings (SSSR count). The summed E-state index contributed by atoms with van der Waals surface area (Å²) in [5, 5.41) is 0. The maximum absolute atomic E-state index is 13.6. The summed E-state index contributed by atoms with van der Waals surface area (Å²) in [5.74, 6) is 2.58. The van der Waals surface area contributed by atoms with Crippen LogP contribution in [0.4, 0.5) is 0 Å². The lowest BCUT2D eigenvalue weighted by Gasteiger charge is -2.27. The van der Waals surface area contributed by atoms with Crippen molar-refractivity contribution in [3.63, 3.8) is 0 Å². The highest BCUT2D eigenvalue weighted by molar-refractivity contribution is 9.10. The predicted octanol–water partition coefficient (Wildman–Crippen LogP) is 5.24. The minimum absolute atomic E-state index is 0.0294. The zero-order valence-corrected chi connectivity index (χ0v) is 22.4. The van der Waals surface area contributed by atoms with Crippen molar-refractivity contribution in [3.8, 4) is 11.5 Å². The Labute approximate surface area is 220 Å². The van der Waals surface area contributed by atoms with E-state index in [4.69, 9.17) is 13.9 Å². The third-order valence-electron chi connectivity index (χ3n) is 6.24. The molecule has 0 saturated heterocycles. The monoisotopic (exact) mass is 554 g/mol. The summed E-state index contributed by atoms with van der Waals surface area (Å²) in [4.78, 5) is 30.4. The number of halogens is 1. The molecule has 0 aliphatic heterocycles. The largest absolute Gasteiger partial charge is 0.493 e. The molecule has 0 bridgehead atoms. The first-order valence-corrected chi connectivity index (χ1v) is 12.8. The molecule has 0 N–H and O–H groups in total. The fourth-order valence-corrected chi connectivity index (χ4v) is 4.54. The fraction of sp³-hybridized carbons (Fsp3) is 0.357. The van der Waals surface area contributed by atoms with Crippen LogP contribution in [0.25, 0.3) is 0 Å². The Morgan fingerprint density at radius 1 is 1.03 bits per heavy atom. The number of aryl methyl sites for hydroxylation is 1. The number of carbonyl (C=O) groups is 2. The Bertz CT molecular complexity index is 1220. The van der Waals surface area contributed by atoms with Gasteiger partial charge in [0.05, 0.1) is 20.8 Å². The van der Waals surface area contributed by atoms with Crippen molar-refractivity contribution < 1.29 is 23.5 Å². The Hall–Kier alpha value is -3.26. The van der Waals surface area contributed by atoms with Gasteiger partial charge in [-0.3, -0.25) is 9.59 Å². The normalized spacial score (nSPS) is 12.8. The van der Waals surface area contributed by atoms with E-state index in [1.165, 1.54) is 0 Å². The number of rotatable bonds is 11. The van der Waals surface area contributed by atoms with Gasteiger partial charge in [0.25, 0.3) is 5.91 Å². The number of carbonyl (C=O) groups excluding carboxylic acids is 2. The molecular formula is C28H31BrN2O5. The molecule has 2 amide bonds. The molecule has 0 atom stereocenters. The Morgan fingerprint density at radius 3 is 2.44 bits per heavy atom. The minimum atomic E-state index is -0.124. The van der Waals surface area contributed by atoms with E-state index in [1.807, 2.05) is 49.4 Å². The van der Waals surface area contributed by atoms with Crippen LogP contribution >= 0.6 is 15.9 Å². The van der Waals surface area contributed by atoms with Gasteiger partial charge in [0, 0.05) is 22.6 Å². The minimum Gasteiger partial charge on any atom is -0.493 e. The van der Waals surface area contributed by atoms with Gasteiger partial charge >= 0.3 is 0 Å². The Kier molecular flexibility index (Phi) is 8.36. The van der Waals surface area contributed by atoms with Gasteiger partial charge in [-0.2, -0.15) is 0 Å². The van der Waals surface area contributed by atoms with Crippen molar-refractivity contribution in [1.29, 1.82) is 0 Å². The zero-order chi connectivity index (χ0) is 25.7. The van der Waals surface area contributed by atoms with Crippen molar-refractivity contribution in [2.45, 2.75) is 38.8 Å². The Balaban J connectivity index is 1.51. The van der Waals surface area contributed by atoms with Crippen LogP contribution in [-0.2, 0) is 17.8 Å². The molecule has 3 aromatic rings. The lowest BCUT2D eigenvalue weighted by Crippen LogP contribution is -2.44. The molecule has 1 heterocycles. The second kappa shape index (κ2) is 11.6. The second-order valence-electron chi connectivity index (χ2n) is 8.94. The number of benzene rings is 2. The van der Waals surface area contributed by atoms with Gasteiger partial charge < -0.3 is 23.7 Å². The number of nitrogens with zero attached hydrogens (tertiary/aromatic N) is 2. The third-order valence-corrected chi connectivity index (χ3v) is 6.73. The van der Waals surface area contributed by atoms with Gasteiger partial charge in [0.15, 0.2) is 11.5 Å². The zero-order valence-electron chi connectivity index (χ0n) is 20.8. The molecule has 36 heavy (non-hydrogen) atoms. The van der Waals surface area contributed by atoms with Gasteiger partial charge in [-0.05, 0) is 74.2 Å². The molecule has 1 aliphatic carbocycles. The van der Waals surface area contributed by atoms with Gasteiger partial charge in [-0.15, -0.1) is 0 Å². The molecule has 1 fully saturated rings. The highest BCUT2D eigenvalue weighted by Gasteiger charge is 2.35. The van der Waals surface area contributed by atoms with E-state index in [0.717, 1.165) is 28.6 Å². The van der Waals surface area contributed by atoms with E-state index >= 15 is 0 Å². The molecule has 0 spiro atoms. The second-order valence-corrected chi connectivity index (χ2v) is 9.86. The highest BCUT2D eigenvalue weighted by Crippen LogP contribution is 2.30. The summed E-state index contributed by atoms with van der Waals surface area (Å²) in [6.07, 6.45) is 2.45. The SMILES string of the molecule is COc1ccc(CCN(Cc2ccc(C)o2)C(=O)CN(C(=O)c2cccc(Br)c2)C2CC2)cc1OC. The van der Waals surface area contributed by atoms with Crippen LogP contribution in [-0.4, -0.2) is 55.0 Å². The van der Waals surface area contributed by atoms with E-state index in [1.54, 1.807) is 36.2 Å². The molecule has 1 aromatic heterocycles. The van der Waals surface area contributed by atoms with Crippen LogP contribution in [0.15, 0.2) is 63.5 Å². The van der Waals surface area contributed by atoms with Crippen LogP contribution < -0.4 is 9.47 Å². The average Bonchev–Trinajstić information content (AvgIpc) is 3.64. The molecule has 8 heteroatoms. The maximum atomic E-state index is 13.6. The lowest BCUT2D eigenvalue weighted by atomic mass is 10.1. The molecule has 0 radical (unpaired) electrons. The molecule has 2 aromatic carbocycles. The van der Waals surface area contributed by atoms with E-state index in [-0.39, 0.29) is 24.4 Å². The highest BCUT2D eigenvalue weighted by atomic mass is 79.9. The van der Waals surface area contributed by atoms with Crippen molar-refractivity contribution in [2.24, 2.45) is 0 Å². The van der Waals surface area contributed by atoms with Crippen LogP contribution in [0, 0.1) is 6.92 Å². The van der Waals surface area contributed by atoms with E-state index in [2.05, 4.69) is 15.9 Å². The van der Waals surface area contributed by atoms with Gasteiger partial charge in [0.1, 0.15) is 18.1 Å². The van der Waals surface area contributed by atoms with Crippen LogP contribution in [0.5, 0.6) is 11.5 Å². The summed E-state index contributed by atoms with van der Waals surface area (Å²) in [6, 6.07) is 16.9. The first kappa shape index (κ1) is 25.8. The lowest BCUT2D eigenvalue weighted by molar-refractivity contribution is -0.132. The number of methoxy groups -OCH3 is 2. The molecule has 190 valence electrons. The molecule has 1 aliphatic rings. The fourth-order valence-electron chi connectivity index (χ4n) is 4.14. The third kappa shape index (κ3) is 6.49.